The van der Waals surface area contributed by atoms with Gasteiger partial charge < -0.3 is 10.4 Å². The Morgan fingerprint density at radius 3 is 2.88 bits per heavy atom. The number of aliphatic imine (C=N–C) groups is 1. The lowest BCUT2D eigenvalue weighted by atomic mass is 10.2. The Bertz CT molecular complexity index is 1040. The molecule has 1 aromatic heterocycles. The van der Waals surface area contributed by atoms with E-state index in [2.05, 4.69) is 25.7 Å². The minimum Gasteiger partial charge on any atom is -0.506 e. The minimum atomic E-state index is -0.220. The van der Waals surface area contributed by atoms with Crippen molar-refractivity contribution in [2.24, 2.45) is 10.2 Å². The number of nitrogens with zero attached hydrogens (tertiary/aromatic N) is 4. The number of H-pyrrole nitrogens is 1. The van der Waals surface area contributed by atoms with Crippen LogP contribution >= 0.6 is 11.6 Å². The SMILES string of the molecule is N#Cc1c(N=Cc2ccc(O)c(N=O)c2)n[nH]c1Nc1cccc(Cl)c1. The topological polar surface area (TPSA) is 127 Å². The fourth-order valence-electron chi connectivity index (χ4n) is 2.16. The summed E-state index contributed by atoms with van der Waals surface area (Å²) >= 11 is 5.94. The van der Waals surface area contributed by atoms with Crippen LogP contribution in [0.3, 0.4) is 0 Å². The first kappa shape index (κ1) is 17.1. The highest BCUT2D eigenvalue weighted by atomic mass is 35.5. The molecule has 8 nitrogen and oxygen atoms in total. The van der Waals surface area contributed by atoms with Crippen LogP contribution in [0, 0.1) is 16.2 Å². The molecule has 0 aliphatic rings. The number of anilines is 2. The first-order chi connectivity index (χ1) is 12.6. The van der Waals surface area contributed by atoms with Crippen molar-refractivity contribution in [1.82, 2.24) is 10.2 Å². The molecule has 3 rings (SSSR count). The van der Waals surface area contributed by atoms with Gasteiger partial charge in [0.25, 0.3) is 0 Å². The van der Waals surface area contributed by atoms with E-state index < -0.39 is 0 Å². The monoisotopic (exact) mass is 366 g/mol. The average Bonchev–Trinajstić information content (AvgIpc) is 3.02. The molecule has 1 heterocycles. The van der Waals surface area contributed by atoms with Gasteiger partial charge in [-0.3, -0.25) is 5.10 Å². The van der Waals surface area contributed by atoms with Gasteiger partial charge >= 0.3 is 0 Å². The molecule has 0 saturated heterocycles. The number of aromatic nitrogens is 2. The summed E-state index contributed by atoms with van der Waals surface area (Å²) in [4.78, 5) is 14.8. The number of hydrogen-bond acceptors (Lipinski definition) is 7. The fourth-order valence-corrected chi connectivity index (χ4v) is 2.35. The van der Waals surface area contributed by atoms with Crippen LogP contribution in [0.5, 0.6) is 5.75 Å². The molecule has 2 aromatic carbocycles. The summed E-state index contributed by atoms with van der Waals surface area (Å²) in [5.41, 5.74) is 1.33. The third-order valence-electron chi connectivity index (χ3n) is 3.39. The number of rotatable bonds is 5. The maximum Gasteiger partial charge on any atom is 0.193 e. The predicted molar refractivity (Wildman–Crippen MR) is 98.9 cm³/mol. The molecule has 0 bridgehead atoms. The van der Waals surface area contributed by atoms with E-state index in [-0.39, 0.29) is 22.8 Å². The Morgan fingerprint density at radius 2 is 2.15 bits per heavy atom. The van der Waals surface area contributed by atoms with Crippen molar-refractivity contribution in [3.8, 4) is 11.8 Å². The number of phenolic OH excluding ortho intramolecular Hbond substituents is 1. The molecule has 0 unspecified atom stereocenters. The van der Waals surface area contributed by atoms with E-state index in [1.54, 1.807) is 30.3 Å². The molecule has 3 aromatic rings. The number of aromatic hydroxyl groups is 1. The van der Waals surface area contributed by atoms with Gasteiger partial charge in [0, 0.05) is 16.9 Å². The van der Waals surface area contributed by atoms with Gasteiger partial charge in [-0.15, -0.1) is 4.91 Å². The van der Waals surface area contributed by atoms with E-state index in [4.69, 9.17) is 11.6 Å². The second kappa shape index (κ2) is 7.46. The van der Waals surface area contributed by atoms with Crippen molar-refractivity contribution in [3.05, 3.63) is 63.5 Å². The molecule has 0 spiro atoms. The molecule has 0 fully saturated rings. The number of nitrogens with one attached hydrogen (secondary N) is 2. The highest BCUT2D eigenvalue weighted by molar-refractivity contribution is 6.30. The van der Waals surface area contributed by atoms with Crippen molar-refractivity contribution >= 4 is 40.8 Å². The third kappa shape index (κ3) is 3.68. The molecule has 128 valence electrons. The molecule has 0 aliphatic carbocycles. The number of benzene rings is 2. The Morgan fingerprint density at radius 1 is 1.31 bits per heavy atom. The maximum absolute atomic E-state index is 10.6. The Balaban J connectivity index is 1.86. The number of halogens is 1. The van der Waals surface area contributed by atoms with Crippen LogP contribution in [0.15, 0.2) is 52.6 Å². The van der Waals surface area contributed by atoms with E-state index in [1.165, 1.54) is 18.3 Å². The zero-order valence-corrected chi connectivity index (χ0v) is 13.9. The largest absolute Gasteiger partial charge is 0.506 e. The van der Waals surface area contributed by atoms with Crippen molar-refractivity contribution in [2.45, 2.75) is 0 Å². The van der Waals surface area contributed by atoms with Crippen LogP contribution in [0.4, 0.5) is 23.0 Å². The van der Waals surface area contributed by atoms with Gasteiger partial charge in [-0.2, -0.15) is 10.4 Å². The first-order valence-corrected chi connectivity index (χ1v) is 7.70. The van der Waals surface area contributed by atoms with Gasteiger partial charge in [0.2, 0.25) is 0 Å². The zero-order valence-electron chi connectivity index (χ0n) is 13.1. The van der Waals surface area contributed by atoms with Crippen LogP contribution in [-0.4, -0.2) is 21.5 Å². The van der Waals surface area contributed by atoms with Crippen molar-refractivity contribution in [2.75, 3.05) is 5.32 Å². The van der Waals surface area contributed by atoms with Crippen LogP contribution in [0.1, 0.15) is 11.1 Å². The number of hydrogen-bond donors (Lipinski definition) is 3. The van der Waals surface area contributed by atoms with Crippen LogP contribution in [-0.2, 0) is 0 Å². The van der Waals surface area contributed by atoms with E-state index in [0.717, 1.165) is 0 Å². The summed E-state index contributed by atoms with van der Waals surface area (Å²) < 4.78 is 0. The molecular formula is C17H11ClN6O2. The summed E-state index contributed by atoms with van der Waals surface area (Å²) in [6, 6.07) is 13.3. The Hall–Kier alpha value is -3.70. The predicted octanol–water partition coefficient (Wildman–Crippen LogP) is 4.53. The second-order valence-electron chi connectivity index (χ2n) is 5.14. The molecular weight excluding hydrogens is 356 g/mol. The number of nitriles is 1. The molecule has 9 heteroatoms. The highest BCUT2D eigenvalue weighted by Gasteiger charge is 2.12. The quantitative estimate of drug-likeness (QED) is 0.451. The maximum atomic E-state index is 10.6. The fraction of sp³-hybridized carbons (Fsp3) is 0. The Labute approximate surface area is 152 Å². The summed E-state index contributed by atoms with van der Waals surface area (Å²) in [5, 5.41) is 31.9. The molecule has 26 heavy (non-hydrogen) atoms. The van der Waals surface area contributed by atoms with E-state index in [1.807, 2.05) is 6.07 Å². The second-order valence-corrected chi connectivity index (χ2v) is 5.58. The van der Waals surface area contributed by atoms with Crippen LogP contribution in [0.25, 0.3) is 0 Å². The molecule has 0 amide bonds. The lowest BCUT2D eigenvalue weighted by Crippen LogP contribution is -1.92. The van der Waals surface area contributed by atoms with Gasteiger partial charge in [-0.05, 0) is 47.1 Å². The van der Waals surface area contributed by atoms with E-state index >= 15 is 0 Å². The summed E-state index contributed by atoms with van der Waals surface area (Å²) in [5.74, 6) is 0.330. The smallest absolute Gasteiger partial charge is 0.193 e. The average molecular weight is 367 g/mol. The van der Waals surface area contributed by atoms with E-state index in [9.17, 15) is 15.3 Å². The number of aromatic amines is 1. The first-order valence-electron chi connectivity index (χ1n) is 7.32. The normalized spacial score (nSPS) is 10.6. The van der Waals surface area contributed by atoms with Crippen LogP contribution < -0.4 is 5.32 Å². The number of nitroso groups, excluding NO2 is 1. The third-order valence-corrected chi connectivity index (χ3v) is 3.62. The van der Waals surface area contributed by atoms with Crippen LogP contribution in [0.2, 0.25) is 5.02 Å². The minimum absolute atomic E-state index is 0.0974. The van der Waals surface area contributed by atoms with Crippen molar-refractivity contribution in [3.63, 3.8) is 0 Å². The van der Waals surface area contributed by atoms with Gasteiger partial charge in [-0.1, -0.05) is 17.7 Å². The van der Waals surface area contributed by atoms with E-state index in [0.29, 0.717) is 22.1 Å². The molecule has 0 saturated carbocycles. The highest BCUT2D eigenvalue weighted by Crippen LogP contribution is 2.28. The zero-order chi connectivity index (χ0) is 18.5. The van der Waals surface area contributed by atoms with Gasteiger partial charge in [0.15, 0.2) is 5.82 Å². The lowest BCUT2D eigenvalue weighted by molar-refractivity contribution is 0.477. The molecule has 3 N–H and O–H groups in total. The standard InChI is InChI=1S/C17H11ClN6O2/c18-11-2-1-3-12(7-11)21-17-13(8-19)16(22-23-17)20-9-10-4-5-15(25)14(6-10)24-26/h1-7,9,25H,(H2,21,22,23). The molecule has 0 radical (unpaired) electrons. The van der Waals surface area contributed by atoms with Gasteiger partial charge in [0.05, 0.1) is 0 Å². The molecule has 0 aliphatic heterocycles. The van der Waals surface area contributed by atoms with Gasteiger partial charge in [0.1, 0.15) is 28.9 Å². The summed E-state index contributed by atoms with van der Waals surface area (Å²) in [7, 11) is 0. The summed E-state index contributed by atoms with van der Waals surface area (Å²) in [6.45, 7) is 0. The van der Waals surface area contributed by atoms with Gasteiger partial charge in [-0.25, -0.2) is 4.99 Å². The van der Waals surface area contributed by atoms with Crippen molar-refractivity contribution in [1.29, 1.82) is 5.26 Å². The lowest BCUT2D eigenvalue weighted by Gasteiger charge is -2.03. The Kier molecular flexibility index (Phi) is 4.92. The van der Waals surface area contributed by atoms with Crippen molar-refractivity contribution < 1.29 is 5.11 Å². The molecule has 0 atom stereocenters. The number of phenols is 1. The summed E-state index contributed by atoms with van der Waals surface area (Å²) in [6.07, 6.45) is 1.41.